The van der Waals surface area contributed by atoms with Crippen LogP contribution in [0.25, 0.3) is 10.8 Å². The highest BCUT2D eigenvalue weighted by Gasteiger charge is 2.07. The number of carbonyl (C=O) groups excluding carboxylic acids is 1. The third-order valence-corrected chi connectivity index (χ3v) is 4.59. The predicted molar refractivity (Wildman–Crippen MR) is 111 cm³/mol. The van der Waals surface area contributed by atoms with Gasteiger partial charge in [-0.3, -0.25) is 9.48 Å². The molecule has 3 aromatic carbocycles. The number of fused-ring (bicyclic) bond motifs is 1. The standard InChI is InChI=1S/C23H20N4O/c1-17(20-11-10-19-7-2-3-8-21(19)15-20)25-26-23(28)22-9-4-6-18(14-22)16-27-13-5-12-24-27/h2-15H,16H2,1H3,(H,26,28)/b25-17-. The molecule has 1 heterocycles. The second kappa shape index (κ2) is 7.88. The van der Waals surface area contributed by atoms with Crippen molar-refractivity contribution in [3.63, 3.8) is 0 Å². The number of nitrogens with one attached hydrogen (secondary N) is 1. The molecule has 1 N–H and O–H groups in total. The molecule has 0 bridgehead atoms. The summed E-state index contributed by atoms with van der Waals surface area (Å²) in [7, 11) is 0. The number of amides is 1. The Kier molecular flexibility index (Phi) is 4.97. The Balaban J connectivity index is 1.48. The summed E-state index contributed by atoms with van der Waals surface area (Å²) in [6.45, 7) is 2.51. The molecule has 0 radical (unpaired) electrons. The monoisotopic (exact) mass is 368 g/mol. The molecule has 4 rings (SSSR count). The summed E-state index contributed by atoms with van der Waals surface area (Å²) < 4.78 is 1.82. The van der Waals surface area contributed by atoms with E-state index in [1.54, 1.807) is 12.3 Å². The van der Waals surface area contributed by atoms with Crippen molar-refractivity contribution >= 4 is 22.4 Å². The number of hydrogen-bond acceptors (Lipinski definition) is 3. The van der Waals surface area contributed by atoms with E-state index in [1.165, 1.54) is 5.39 Å². The van der Waals surface area contributed by atoms with Gasteiger partial charge in [-0.05, 0) is 53.1 Å². The maximum atomic E-state index is 12.5. The Morgan fingerprint density at radius 2 is 1.82 bits per heavy atom. The summed E-state index contributed by atoms with van der Waals surface area (Å²) in [4.78, 5) is 12.5. The van der Waals surface area contributed by atoms with E-state index < -0.39 is 0 Å². The van der Waals surface area contributed by atoms with E-state index >= 15 is 0 Å². The first kappa shape index (κ1) is 17.7. The SMILES string of the molecule is C/C(=N/NC(=O)c1cccc(Cn2cccn2)c1)c1ccc2ccccc2c1. The zero-order valence-electron chi connectivity index (χ0n) is 15.5. The Bertz CT molecular complexity index is 1150. The van der Waals surface area contributed by atoms with Crippen LogP contribution in [0.5, 0.6) is 0 Å². The number of aromatic nitrogens is 2. The first-order valence-corrected chi connectivity index (χ1v) is 9.09. The van der Waals surface area contributed by atoms with Gasteiger partial charge in [0.1, 0.15) is 0 Å². The van der Waals surface area contributed by atoms with Gasteiger partial charge in [-0.2, -0.15) is 10.2 Å². The lowest BCUT2D eigenvalue weighted by molar-refractivity contribution is 0.0954. The third kappa shape index (κ3) is 3.99. The van der Waals surface area contributed by atoms with Crippen LogP contribution in [0.3, 0.4) is 0 Å². The molecule has 0 fully saturated rings. The van der Waals surface area contributed by atoms with Gasteiger partial charge in [0.05, 0.1) is 12.3 Å². The first-order chi connectivity index (χ1) is 13.7. The van der Waals surface area contributed by atoms with Crippen LogP contribution in [-0.4, -0.2) is 21.4 Å². The fraction of sp³-hybridized carbons (Fsp3) is 0.0870. The first-order valence-electron chi connectivity index (χ1n) is 9.09. The second-order valence-corrected chi connectivity index (χ2v) is 6.60. The number of rotatable bonds is 5. The van der Waals surface area contributed by atoms with E-state index in [-0.39, 0.29) is 5.91 Å². The normalized spacial score (nSPS) is 11.5. The molecule has 1 amide bonds. The molecule has 138 valence electrons. The van der Waals surface area contributed by atoms with Crippen LogP contribution >= 0.6 is 0 Å². The van der Waals surface area contributed by atoms with Gasteiger partial charge in [0, 0.05) is 18.0 Å². The molecule has 0 aliphatic heterocycles. The number of benzene rings is 3. The van der Waals surface area contributed by atoms with Gasteiger partial charge in [-0.1, -0.05) is 48.5 Å². The van der Waals surface area contributed by atoms with Crippen molar-refractivity contribution in [2.75, 3.05) is 0 Å². The highest BCUT2D eigenvalue weighted by atomic mass is 16.2. The van der Waals surface area contributed by atoms with Crippen LogP contribution in [0.15, 0.2) is 90.3 Å². The number of nitrogens with zero attached hydrogens (tertiary/aromatic N) is 3. The van der Waals surface area contributed by atoms with Gasteiger partial charge in [0.15, 0.2) is 0 Å². The van der Waals surface area contributed by atoms with Crippen molar-refractivity contribution in [3.8, 4) is 0 Å². The molecule has 5 heteroatoms. The van der Waals surface area contributed by atoms with Crippen LogP contribution in [-0.2, 0) is 6.54 Å². The van der Waals surface area contributed by atoms with Gasteiger partial charge >= 0.3 is 0 Å². The predicted octanol–water partition coefficient (Wildman–Crippen LogP) is 4.24. The maximum absolute atomic E-state index is 12.5. The fourth-order valence-corrected chi connectivity index (χ4v) is 3.07. The van der Waals surface area contributed by atoms with E-state index in [0.717, 1.165) is 22.2 Å². The Labute approximate surface area is 163 Å². The summed E-state index contributed by atoms with van der Waals surface area (Å²) >= 11 is 0. The highest BCUT2D eigenvalue weighted by Crippen LogP contribution is 2.16. The molecule has 0 spiro atoms. The van der Waals surface area contributed by atoms with Crippen molar-refractivity contribution < 1.29 is 4.79 Å². The molecular weight excluding hydrogens is 348 g/mol. The molecule has 4 aromatic rings. The minimum absolute atomic E-state index is 0.234. The van der Waals surface area contributed by atoms with Gasteiger partial charge in [-0.15, -0.1) is 0 Å². The fourth-order valence-electron chi connectivity index (χ4n) is 3.07. The Morgan fingerprint density at radius 1 is 0.964 bits per heavy atom. The molecule has 0 saturated carbocycles. The summed E-state index contributed by atoms with van der Waals surface area (Å²) in [5.41, 5.74) is 5.97. The molecule has 1 aromatic heterocycles. The van der Waals surface area contributed by atoms with Crippen molar-refractivity contribution in [1.82, 2.24) is 15.2 Å². The topological polar surface area (TPSA) is 59.3 Å². The largest absolute Gasteiger partial charge is 0.271 e. The zero-order chi connectivity index (χ0) is 19.3. The van der Waals surface area contributed by atoms with Crippen LogP contribution < -0.4 is 5.43 Å². The van der Waals surface area contributed by atoms with E-state index in [4.69, 9.17) is 0 Å². The van der Waals surface area contributed by atoms with E-state index in [0.29, 0.717) is 12.1 Å². The van der Waals surface area contributed by atoms with Crippen LogP contribution in [0.1, 0.15) is 28.4 Å². The molecule has 0 atom stereocenters. The molecule has 5 nitrogen and oxygen atoms in total. The average Bonchev–Trinajstić information content (AvgIpc) is 3.24. The minimum Gasteiger partial charge on any atom is -0.268 e. The van der Waals surface area contributed by atoms with E-state index in [2.05, 4.69) is 39.9 Å². The Hall–Kier alpha value is -3.73. The quantitative estimate of drug-likeness (QED) is 0.423. The van der Waals surface area contributed by atoms with Crippen LogP contribution in [0.2, 0.25) is 0 Å². The highest BCUT2D eigenvalue weighted by molar-refractivity contribution is 6.03. The number of hydrogen-bond donors (Lipinski definition) is 1. The summed E-state index contributed by atoms with van der Waals surface area (Å²) in [5.74, 6) is -0.234. The lowest BCUT2D eigenvalue weighted by Gasteiger charge is -2.07. The zero-order valence-corrected chi connectivity index (χ0v) is 15.5. The van der Waals surface area contributed by atoms with Crippen LogP contribution in [0, 0.1) is 0 Å². The molecule has 0 aliphatic rings. The van der Waals surface area contributed by atoms with Gasteiger partial charge < -0.3 is 0 Å². The average molecular weight is 368 g/mol. The molecule has 28 heavy (non-hydrogen) atoms. The minimum atomic E-state index is -0.234. The third-order valence-electron chi connectivity index (χ3n) is 4.59. The Morgan fingerprint density at radius 3 is 2.64 bits per heavy atom. The van der Waals surface area contributed by atoms with Crippen molar-refractivity contribution in [2.24, 2.45) is 5.10 Å². The lowest BCUT2D eigenvalue weighted by atomic mass is 10.0. The molecular formula is C23H20N4O. The van der Waals surface area contributed by atoms with Crippen molar-refractivity contribution in [2.45, 2.75) is 13.5 Å². The van der Waals surface area contributed by atoms with E-state index in [9.17, 15) is 4.79 Å². The van der Waals surface area contributed by atoms with Crippen LogP contribution in [0.4, 0.5) is 0 Å². The van der Waals surface area contributed by atoms with E-state index in [1.807, 2.05) is 60.3 Å². The second-order valence-electron chi connectivity index (χ2n) is 6.60. The van der Waals surface area contributed by atoms with Crippen molar-refractivity contribution in [1.29, 1.82) is 0 Å². The van der Waals surface area contributed by atoms with Crippen molar-refractivity contribution in [3.05, 3.63) is 102 Å². The van der Waals surface area contributed by atoms with Gasteiger partial charge in [-0.25, -0.2) is 5.43 Å². The smallest absolute Gasteiger partial charge is 0.268 e. The number of hydrazone groups is 1. The number of carbonyl (C=O) groups is 1. The van der Waals surface area contributed by atoms with Gasteiger partial charge in [0.2, 0.25) is 0 Å². The lowest BCUT2D eigenvalue weighted by Crippen LogP contribution is -2.19. The molecule has 0 unspecified atom stereocenters. The summed E-state index contributed by atoms with van der Waals surface area (Å²) in [6, 6.07) is 23.7. The summed E-state index contributed by atoms with van der Waals surface area (Å²) in [6.07, 6.45) is 3.63. The molecule has 0 aliphatic carbocycles. The maximum Gasteiger partial charge on any atom is 0.271 e. The molecule has 0 saturated heterocycles. The van der Waals surface area contributed by atoms with Gasteiger partial charge in [0.25, 0.3) is 5.91 Å². The summed E-state index contributed by atoms with van der Waals surface area (Å²) in [5, 5.41) is 10.8.